The molecule has 0 aliphatic rings. The molecule has 2 aromatic carbocycles. The van der Waals surface area contributed by atoms with Crippen molar-refractivity contribution >= 4 is 23.6 Å². The van der Waals surface area contributed by atoms with Gasteiger partial charge in [0.2, 0.25) is 11.8 Å². The second kappa shape index (κ2) is 12.6. The maximum atomic E-state index is 11.8. The summed E-state index contributed by atoms with van der Waals surface area (Å²) in [6.45, 7) is 3.14. The summed E-state index contributed by atoms with van der Waals surface area (Å²) in [6.07, 6.45) is -0.388. The van der Waals surface area contributed by atoms with E-state index in [9.17, 15) is 19.2 Å². The number of hydrogen-bond acceptors (Lipinski definition) is 6. The third kappa shape index (κ3) is 8.74. The van der Waals surface area contributed by atoms with Crippen LogP contribution >= 0.6 is 0 Å². The number of ether oxygens (including phenoxy) is 2. The molecule has 0 atom stereocenters. The summed E-state index contributed by atoms with van der Waals surface area (Å²) >= 11 is 0. The molecule has 0 aromatic heterocycles. The Balaban J connectivity index is 1.56. The normalized spacial score (nSPS) is 9.94. The van der Waals surface area contributed by atoms with Gasteiger partial charge in [-0.1, -0.05) is 36.4 Å². The summed E-state index contributed by atoms with van der Waals surface area (Å²) in [5, 5.41) is 0. The highest BCUT2D eigenvalue weighted by Crippen LogP contribution is 2.16. The molecule has 0 saturated heterocycles. The zero-order valence-corrected chi connectivity index (χ0v) is 17.9. The van der Waals surface area contributed by atoms with Gasteiger partial charge in [-0.15, -0.1) is 0 Å². The van der Waals surface area contributed by atoms with Crippen LogP contribution in [0.15, 0.2) is 48.5 Å². The molecule has 0 unspecified atom stereocenters. The van der Waals surface area contributed by atoms with E-state index in [1.165, 1.54) is 0 Å². The monoisotopic (exact) mass is 442 g/mol. The van der Waals surface area contributed by atoms with Crippen molar-refractivity contribution in [1.29, 1.82) is 0 Å². The first kappa shape index (κ1) is 24.2. The molecule has 10 heteroatoms. The van der Waals surface area contributed by atoms with Crippen LogP contribution in [0, 0.1) is 13.8 Å². The molecule has 4 N–H and O–H groups in total. The van der Waals surface area contributed by atoms with E-state index in [1.807, 2.05) is 38.1 Å². The van der Waals surface area contributed by atoms with Gasteiger partial charge in [0.05, 0.1) is 0 Å². The number of para-hydroxylation sites is 2. The molecule has 170 valence electrons. The Hall–Kier alpha value is -4.08. The van der Waals surface area contributed by atoms with E-state index in [-0.39, 0.29) is 26.1 Å². The second-order valence-corrected chi connectivity index (χ2v) is 6.80. The summed E-state index contributed by atoms with van der Waals surface area (Å²) in [6, 6.07) is 14.4. The molecule has 0 saturated carbocycles. The summed E-state index contributed by atoms with van der Waals surface area (Å²) in [5.74, 6) is -1.11. The van der Waals surface area contributed by atoms with Crippen LogP contribution in [0.25, 0.3) is 0 Å². The Kier molecular flexibility index (Phi) is 9.51. The Morgan fingerprint density at radius 3 is 1.31 bits per heavy atom. The van der Waals surface area contributed by atoms with Gasteiger partial charge in [-0.3, -0.25) is 40.9 Å². The van der Waals surface area contributed by atoms with Gasteiger partial charge in [0.25, 0.3) is 11.8 Å². The van der Waals surface area contributed by atoms with Crippen LogP contribution in [0.1, 0.15) is 24.0 Å². The van der Waals surface area contributed by atoms with Crippen LogP contribution in [0.2, 0.25) is 0 Å². The van der Waals surface area contributed by atoms with Gasteiger partial charge in [-0.25, -0.2) is 0 Å². The van der Waals surface area contributed by atoms with Gasteiger partial charge in [-0.05, 0) is 37.1 Å². The number of amides is 4. The SMILES string of the molecule is Cc1ccccc1OCC(=O)NNC(=O)CCC(=O)NNC(=O)COc1ccccc1C. The molecule has 10 nitrogen and oxygen atoms in total. The molecule has 0 aliphatic heterocycles. The highest BCUT2D eigenvalue weighted by atomic mass is 16.5. The van der Waals surface area contributed by atoms with Crippen molar-refractivity contribution in [2.24, 2.45) is 0 Å². The van der Waals surface area contributed by atoms with Crippen molar-refractivity contribution in [2.75, 3.05) is 13.2 Å². The molecule has 0 aliphatic carbocycles. The standard InChI is InChI=1S/C22H26N4O6/c1-15-7-3-5-9-17(15)31-13-21(29)25-23-19(27)11-12-20(28)24-26-22(30)14-32-18-10-6-4-8-16(18)2/h3-10H,11-14H2,1-2H3,(H,23,27)(H,24,28)(H,25,29)(H,26,30). The lowest BCUT2D eigenvalue weighted by Crippen LogP contribution is -2.45. The summed E-state index contributed by atoms with van der Waals surface area (Å²) in [5.41, 5.74) is 10.5. The van der Waals surface area contributed by atoms with Crippen LogP contribution in [0.4, 0.5) is 0 Å². The van der Waals surface area contributed by atoms with E-state index >= 15 is 0 Å². The average molecular weight is 442 g/mol. The molecule has 2 rings (SSSR count). The van der Waals surface area contributed by atoms with E-state index < -0.39 is 23.6 Å². The third-order valence-corrected chi connectivity index (χ3v) is 4.17. The maximum absolute atomic E-state index is 11.8. The number of aryl methyl sites for hydroxylation is 2. The Bertz CT molecular complexity index is 885. The molecular weight excluding hydrogens is 416 g/mol. The van der Waals surface area contributed by atoms with Crippen molar-refractivity contribution in [3.8, 4) is 11.5 Å². The predicted molar refractivity (Wildman–Crippen MR) is 115 cm³/mol. The van der Waals surface area contributed by atoms with Crippen molar-refractivity contribution in [1.82, 2.24) is 21.7 Å². The Morgan fingerprint density at radius 2 is 0.938 bits per heavy atom. The molecule has 0 fully saturated rings. The molecular formula is C22H26N4O6. The molecule has 0 heterocycles. The number of hydrogen-bond donors (Lipinski definition) is 4. The van der Waals surface area contributed by atoms with Crippen molar-refractivity contribution in [3.63, 3.8) is 0 Å². The first-order chi connectivity index (χ1) is 15.3. The lowest BCUT2D eigenvalue weighted by atomic mass is 10.2. The van der Waals surface area contributed by atoms with E-state index in [2.05, 4.69) is 21.7 Å². The van der Waals surface area contributed by atoms with Gasteiger partial charge in [0.15, 0.2) is 13.2 Å². The lowest BCUT2D eigenvalue weighted by molar-refractivity contribution is -0.132. The van der Waals surface area contributed by atoms with Crippen LogP contribution in [-0.4, -0.2) is 36.8 Å². The molecule has 2 aromatic rings. The number of carbonyl (C=O) groups excluding carboxylic acids is 4. The smallest absolute Gasteiger partial charge is 0.276 e. The lowest BCUT2D eigenvalue weighted by Gasteiger charge is -2.11. The fraction of sp³-hybridized carbons (Fsp3) is 0.273. The van der Waals surface area contributed by atoms with E-state index in [0.717, 1.165) is 11.1 Å². The number of nitrogens with one attached hydrogen (secondary N) is 4. The van der Waals surface area contributed by atoms with Gasteiger partial charge in [0, 0.05) is 12.8 Å². The first-order valence-corrected chi connectivity index (χ1v) is 9.87. The topological polar surface area (TPSA) is 135 Å². The predicted octanol–water partition coefficient (Wildman–Crippen LogP) is 0.836. The maximum Gasteiger partial charge on any atom is 0.276 e. The molecule has 4 amide bonds. The Labute approximate surface area is 185 Å². The van der Waals surface area contributed by atoms with E-state index in [1.54, 1.807) is 24.3 Å². The van der Waals surface area contributed by atoms with Gasteiger partial charge in [-0.2, -0.15) is 0 Å². The van der Waals surface area contributed by atoms with Crippen LogP contribution in [0.5, 0.6) is 11.5 Å². The molecule has 32 heavy (non-hydrogen) atoms. The van der Waals surface area contributed by atoms with Crippen LogP contribution in [-0.2, 0) is 19.2 Å². The van der Waals surface area contributed by atoms with E-state index in [4.69, 9.17) is 9.47 Å². The second-order valence-electron chi connectivity index (χ2n) is 6.80. The number of benzene rings is 2. The minimum atomic E-state index is -0.571. The number of carbonyl (C=O) groups is 4. The fourth-order valence-electron chi connectivity index (χ4n) is 2.43. The quantitative estimate of drug-likeness (QED) is 0.425. The Morgan fingerprint density at radius 1 is 0.594 bits per heavy atom. The van der Waals surface area contributed by atoms with E-state index in [0.29, 0.717) is 11.5 Å². The third-order valence-electron chi connectivity index (χ3n) is 4.17. The van der Waals surface area contributed by atoms with Gasteiger partial charge < -0.3 is 9.47 Å². The van der Waals surface area contributed by atoms with Crippen molar-refractivity contribution < 1.29 is 28.7 Å². The summed E-state index contributed by atoms with van der Waals surface area (Å²) in [7, 11) is 0. The minimum absolute atomic E-state index is 0.194. The minimum Gasteiger partial charge on any atom is -0.483 e. The molecule has 0 bridgehead atoms. The largest absolute Gasteiger partial charge is 0.483 e. The summed E-state index contributed by atoms with van der Waals surface area (Å²) in [4.78, 5) is 47.0. The molecule has 0 spiro atoms. The zero-order chi connectivity index (χ0) is 23.3. The first-order valence-electron chi connectivity index (χ1n) is 9.87. The van der Waals surface area contributed by atoms with Gasteiger partial charge >= 0.3 is 0 Å². The highest BCUT2D eigenvalue weighted by Gasteiger charge is 2.10. The van der Waals surface area contributed by atoms with Crippen molar-refractivity contribution in [3.05, 3.63) is 59.7 Å². The highest BCUT2D eigenvalue weighted by molar-refractivity contribution is 5.87. The average Bonchev–Trinajstić information content (AvgIpc) is 2.79. The number of rotatable bonds is 9. The fourth-order valence-corrected chi connectivity index (χ4v) is 2.43. The number of hydrazine groups is 2. The zero-order valence-electron chi connectivity index (χ0n) is 17.9. The van der Waals surface area contributed by atoms with Crippen LogP contribution < -0.4 is 31.2 Å². The molecule has 0 radical (unpaired) electrons. The summed E-state index contributed by atoms with van der Waals surface area (Å²) < 4.78 is 10.7. The van der Waals surface area contributed by atoms with Crippen LogP contribution in [0.3, 0.4) is 0 Å². The van der Waals surface area contributed by atoms with Crippen molar-refractivity contribution in [2.45, 2.75) is 26.7 Å². The van der Waals surface area contributed by atoms with Gasteiger partial charge in [0.1, 0.15) is 11.5 Å².